The van der Waals surface area contributed by atoms with Gasteiger partial charge in [0.1, 0.15) is 6.04 Å². The molecule has 3 N–H and O–H groups in total. The van der Waals surface area contributed by atoms with Crippen LogP contribution in [0.5, 0.6) is 0 Å². The van der Waals surface area contributed by atoms with E-state index in [1.165, 1.54) is 0 Å². The van der Waals surface area contributed by atoms with Gasteiger partial charge < -0.3 is 30.1 Å². The van der Waals surface area contributed by atoms with Gasteiger partial charge in [-0.2, -0.15) is 0 Å². The molecule has 0 aliphatic rings. The van der Waals surface area contributed by atoms with Gasteiger partial charge in [0.05, 0.1) is 6.54 Å². The number of hydrogen-bond donors (Lipinski definition) is 3. The van der Waals surface area contributed by atoms with E-state index in [0.29, 0.717) is 26.2 Å². The quantitative estimate of drug-likeness (QED) is 0.323. The fourth-order valence-corrected chi connectivity index (χ4v) is 2.93. The van der Waals surface area contributed by atoms with E-state index in [4.69, 9.17) is 14.6 Å². The van der Waals surface area contributed by atoms with E-state index in [1.54, 1.807) is 4.90 Å². The summed E-state index contributed by atoms with van der Waals surface area (Å²) in [7, 11) is 0. The number of nitrogens with zero attached hydrogens (tertiary/aromatic N) is 1. The lowest BCUT2D eigenvalue weighted by molar-refractivity contribution is -0.161. The van der Waals surface area contributed by atoms with Crippen molar-refractivity contribution in [1.82, 2.24) is 15.5 Å². The number of carbonyl (C=O) groups excluding carboxylic acids is 2. The van der Waals surface area contributed by atoms with Crippen molar-refractivity contribution in [1.29, 1.82) is 0 Å². The summed E-state index contributed by atoms with van der Waals surface area (Å²) in [5.41, 5.74) is 0. The Kier molecular flexibility index (Phi) is 14.9. The van der Waals surface area contributed by atoms with Crippen LogP contribution in [-0.4, -0.2) is 73.1 Å². The van der Waals surface area contributed by atoms with E-state index in [0.717, 1.165) is 6.42 Å². The van der Waals surface area contributed by atoms with Gasteiger partial charge in [0, 0.05) is 32.7 Å². The van der Waals surface area contributed by atoms with Crippen LogP contribution in [-0.2, 0) is 19.1 Å². The maximum absolute atomic E-state index is 13.4. The average molecular weight is 432 g/mol. The van der Waals surface area contributed by atoms with Gasteiger partial charge in [-0.1, -0.05) is 34.1 Å². The molecule has 3 amide bonds. The van der Waals surface area contributed by atoms with Crippen molar-refractivity contribution in [3.8, 4) is 0 Å². The zero-order valence-electron chi connectivity index (χ0n) is 19.4. The Balaban J connectivity index is 5.35. The summed E-state index contributed by atoms with van der Waals surface area (Å²) in [6, 6.07) is -0.685. The minimum absolute atomic E-state index is 0.00288. The summed E-state index contributed by atoms with van der Waals surface area (Å²) in [4.78, 5) is 37.9. The van der Waals surface area contributed by atoms with Crippen LogP contribution >= 0.6 is 0 Å². The molecule has 0 saturated heterocycles. The highest BCUT2D eigenvalue weighted by Gasteiger charge is 2.29. The van der Waals surface area contributed by atoms with Gasteiger partial charge in [-0.3, -0.25) is 9.59 Å². The number of amides is 3. The Labute approximate surface area is 180 Å². The molecule has 176 valence electrons. The van der Waals surface area contributed by atoms with Gasteiger partial charge in [0.2, 0.25) is 11.8 Å². The monoisotopic (exact) mass is 431 g/mol. The van der Waals surface area contributed by atoms with E-state index in [2.05, 4.69) is 24.5 Å². The van der Waals surface area contributed by atoms with Gasteiger partial charge in [0.15, 0.2) is 6.29 Å². The maximum atomic E-state index is 13.4. The molecule has 0 saturated carbocycles. The number of hydrogen-bond acceptors (Lipinski definition) is 5. The first-order chi connectivity index (χ1) is 14.1. The molecule has 2 unspecified atom stereocenters. The lowest BCUT2D eigenvalue weighted by Gasteiger charge is -2.33. The van der Waals surface area contributed by atoms with Crippen molar-refractivity contribution in [2.24, 2.45) is 11.8 Å². The van der Waals surface area contributed by atoms with Crippen LogP contribution < -0.4 is 10.6 Å². The fourth-order valence-electron chi connectivity index (χ4n) is 2.93. The minimum Gasteiger partial charge on any atom is -0.465 e. The second kappa shape index (κ2) is 15.9. The van der Waals surface area contributed by atoms with Crippen LogP contribution in [0.4, 0.5) is 4.79 Å². The summed E-state index contributed by atoms with van der Waals surface area (Å²) in [6.45, 7) is 13.6. The van der Waals surface area contributed by atoms with Crippen LogP contribution in [0.1, 0.15) is 60.8 Å². The van der Waals surface area contributed by atoms with Crippen molar-refractivity contribution < 1.29 is 29.0 Å². The smallest absolute Gasteiger partial charge is 0.404 e. The lowest BCUT2D eigenvalue weighted by atomic mass is 10.0. The van der Waals surface area contributed by atoms with Gasteiger partial charge in [-0.25, -0.2) is 4.79 Å². The van der Waals surface area contributed by atoms with Crippen molar-refractivity contribution in [3.63, 3.8) is 0 Å². The highest BCUT2D eigenvalue weighted by molar-refractivity contribution is 5.87. The molecule has 9 nitrogen and oxygen atoms in total. The second-order valence-corrected chi connectivity index (χ2v) is 7.83. The predicted octanol–water partition coefficient (Wildman–Crippen LogP) is 2.45. The van der Waals surface area contributed by atoms with Crippen LogP contribution in [0.3, 0.4) is 0 Å². The molecule has 0 aliphatic carbocycles. The summed E-state index contributed by atoms with van der Waals surface area (Å²) in [5, 5.41) is 13.6. The zero-order chi connectivity index (χ0) is 23.1. The molecule has 0 aromatic carbocycles. The Morgan fingerprint density at radius 2 is 1.60 bits per heavy atom. The van der Waals surface area contributed by atoms with E-state index < -0.39 is 18.4 Å². The first-order valence-electron chi connectivity index (χ1n) is 10.9. The van der Waals surface area contributed by atoms with E-state index in [9.17, 15) is 14.4 Å². The number of ether oxygens (including phenoxy) is 2. The molecule has 0 aliphatic heterocycles. The number of carboxylic acid groups (broad SMARTS) is 1. The highest BCUT2D eigenvalue weighted by atomic mass is 16.7. The summed E-state index contributed by atoms with van der Waals surface area (Å²) in [6.07, 6.45) is -0.333. The Bertz CT molecular complexity index is 509. The molecular formula is C21H41N3O6. The molecule has 2 atom stereocenters. The summed E-state index contributed by atoms with van der Waals surface area (Å²) in [5.74, 6) is -0.0604. The van der Waals surface area contributed by atoms with Gasteiger partial charge in [-0.15, -0.1) is 0 Å². The molecular weight excluding hydrogens is 390 g/mol. The molecule has 9 heteroatoms. The van der Waals surface area contributed by atoms with Crippen LogP contribution in [0, 0.1) is 11.8 Å². The molecule has 30 heavy (non-hydrogen) atoms. The predicted molar refractivity (Wildman–Crippen MR) is 115 cm³/mol. The maximum Gasteiger partial charge on any atom is 0.404 e. The highest BCUT2D eigenvalue weighted by Crippen LogP contribution is 2.13. The van der Waals surface area contributed by atoms with Crippen molar-refractivity contribution in [3.05, 3.63) is 0 Å². The summed E-state index contributed by atoms with van der Waals surface area (Å²) < 4.78 is 11.3. The van der Waals surface area contributed by atoms with Crippen LogP contribution in [0.15, 0.2) is 0 Å². The normalized spacial score (nSPS) is 13.2. The fraction of sp³-hybridized carbons (Fsp3) is 0.857. The van der Waals surface area contributed by atoms with Crippen molar-refractivity contribution in [2.45, 2.75) is 73.1 Å². The Hall–Kier alpha value is -1.87. The number of nitrogens with one attached hydrogen (secondary N) is 2. The molecule has 0 aromatic rings. The molecule has 0 bridgehead atoms. The third-order valence-electron chi connectivity index (χ3n) is 4.58. The Morgan fingerprint density at radius 3 is 2.07 bits per heavy atom. The molecule has 0 spiro atoms. The van der Waals surface area contributed by atoms with E-state index in [1.807, 2.05) is 27.7 Å². The van der Waals surface area contributed by atoms with E-state index in [-0.39, 0.29) is 43.2 Å². The number of carbonyl (C=O) groups is 3. The summed E-state index contributed by atoms with van der Waals surface area (Å²) >= 11 is 0. The van der Waals surface area contributed by atoms with Gasteiger partial charge in [0.25, 0.3) is 0 Å². The third-order valence-corrected chi connectivity index (χ3v) is 4.58. The molecule has 0 fully saturated rings. The molecule has 0 heterocycles. The standard InChI is InChI=1S/C21H41N3O6/c1-7-16(6)13-24(14-19(29-8-2)30-9-3)20(26)17(12-15(4)5)23-18(25)10-11-22-21(27)28/h15-17,19,22H,7-14H2,1-6H3,(H,23,25)(H,27,28). The topological polar surface area (TPSA) is 117 Å². The number of rotatable bonds is 16. The Morgan fingerprint density at radius 1 is 1.00 bits per heavy atom. The first-order valence-corrected chi connectivity index (χ1v) is 10.9. The second-order valence-electron chi connectivity index (χ2n) is 7.83. The molecule has 0 rings (SSSR count). The third kappa shape index (κ3) is 12.6. The van der Waals surface area contributed by atoms with Gasteiger partial charge >= 0.3 is 6.09 Å². The van der Waals surface area contributed by atoms with E-state index >= 15 is 0 Å². The van der Waals surface area contributed by atoms with Crippen molar-refractivity contribution in [2.75, 3.05) is 32.8 Å². The molecule has 0 radical (unpaired) electrons. The molecule has 0 aromatic heterocycles. The van der Waals surface area contributed by atoms with Crippen molar-refractivity contribution >= 4 is 17.9 Å². The SMILES string of the molecule is CCOC(CN(CC(C)CC)C(=O)C(CC(C)C)NC(=O)CCNC(=O)O)OCC. The zero-order valence-corrected chi connectivity index (χ0v) is 19.4. The lowest BCUT2D eigenvalue weighted by Crippen LogP contribution is -2.52. The average Bonchev–Trinajstić information content (AvgIpc) is 2.65. The van der Waals surface area contributed by atoms with Gasteiger partial charge in [-0.05, 0) is 32.1 Å². The van der Waals surface area contributed by atoms with Crippen LogP contribution in [0.25, 0.3) is 0 Å². The minimum atomic E-state index is -1.18. The largest absolute Gasteiger partial charge is 0.465 e. The van der Waals surface area contributed by atoms with Crippen LogP contribution in [0.2, 0.25) is 0 Å². The first kappa shape index (κ1) is 28.1.